The van der Waals surface area contributed by atoms with E-state index in [9.17, 15) is 0 Å². The third-order valence-electron chi connectivity index (χ3n) is 2.21. The summed E-state index contributed by atoms with van der Waals surface area (Å²) in [4.78, 5) is 0. The third-order valence-corrected chi connectivity index (χ3v) is 2.21. The number of anilines is 1. The van der Waals surface area contributed by atoms with Crippen LogP contribution in [0.2, 0.25) is 0 Å². The highest BCUT2D eigenvalue weighted by atomic mass is 16.5. The molecule has 0 bridgehead atoms. The van der Waals surface area contributed by atoms with E-state index in [0.29, 0.717) is 25.5 Å². The van der Waals surface area contributed by atoms with Crippen molar-refractivity contribution in [2.45, 2.75) is 12.6 Å². The Morgan fingerprint density at radius 2 is 2.31 bits per heavy atom. The Morgan fingerprint density at radius 3 is 2.94 bits per heavy atom. The van der Waals surface area contributed by atoms with Crippen molar-refractivity contribution in [2.24, 2.45) is 5.73 Å². The Morgan fingerprint density at radius 1 is 1.50 bits per heavy atom. The maximum atomic E-state index is 5.58. The van der Waals surface area contributed by atoms with E-state index in [1.54, 1.807) is 20.4 Å². The summed E-state index contributed by atoms with van der Waals surface area (Å²) in [5.41, 5.74) is 6.52. The molecule has 90 valence electrons. The van der Waals surface area contributed by atoms with Crippen LogP contribution in [0, 0.1) is 0 Å². The molecular weight excluding hydrogens is 208 g/mol. The molecular formula is C10H18N4O2. The number of nitrogens with two attached hydrogens (primary N) is 1. The van der Waals surface area contributed by atoms with Gasteiger partial charge in [0, 0.05) is 32.9 Å². The summed E-state index contributed by atoms with van der Waals surface area (Å²) in [7, 11) is 3.28. The Kier molecular flexibility index (Phi) is 5.69. The fourth-order valence-electron chi connectivity index (χ4n) is 1.28. The van der Waals surface area contributed by atoms with Gasteiger partial charge in [-0.15, -0.1) is 5.10 Å². The fraction of sp³-hybridized carbons (Fsp3) is 0.600. The van der Waals surface area contributed by atoms with Crippen molar-refractivity contribution >= 4 is 5.82 Å². The lowest BCUT2D eigenvalue weighted by Gasteiger charge is -2.16. The minimum atomic E-state index is -0.0161. The second-order valence-corrected chi connectivity index (χ2v) is 3.30. The van der Waals surface area contributed by atoms with E-state index in [-0.39, 0.29) is 6.10 Å². The molecule has 0 spiro atoms. The van der Waals surface area contributed by atoms with Crippen LogP contribution in [-0.2, 0) is 16.0 Å². The van der Waals surface area contributed by atoms with Gasteiger partial charge in [-0.3, -0.25) is 0 Å². The largest absolute Gasteiger partial charge is 0.382 e. The van der Waals surface area contributed by atoms with E-state index < -0.39 is 0 Å². The summed E-state index contributed by atoms with van der Waals surface area (Å²) in [5, 5.41) is 10.9. The van der Waals surface area contributed by atoms with Crippen molar-refractivity contribution in [3.63, 3.8) is 0 Å². The SMILES string of the molecule is COCC(CNc1nnccc1CN)OC. The maximum Gasteiger partial charge on any atom is 0.153 e. The fourth-order valence-corrected chi connectivity index (χ4v) is 1.28. The molecule has 1 aromatic rings. The molecule has 1 atom stereocenters. The molecule has 1 heterocycles. The minimum absolute atomic E-state index is 0.0161. The number of ether oxygens (including phenoxy) is 2. The number of hydrogen-bond acceptors (Lipinski definition) is 6. The monoisotopic (exact) mass is 226 g/mol. The van der Waals surface area contributed by atoms with Gasteiger partial charge in [-0.1, -0.05) is 0 Å². The summed E-state index contributed by atoms with van der Waals surface area (Å²) in [6.07, 6.45) is 1.61. The molecule has 0 aliphatic rings. The van der Waals surface area contributed by atoms with Crippen LogP contribution in [0.15, 0.2) is 12.3 Å². The topological polar surface area (TPSA) is 82.3 Å². The van der Waals surface area contributed by atoms with Crippen LogP contribution in [0.25, 0.3) is 0 Å². The van der Waals surface area contributed by atoms with Gasteiger partial charge in [0.2, 0.25) is 0 Å². The summed E-state index contributed by atoms with van der Waals surface area (Å²) >= 11 is 0. The summed E-state index contributed by atoms with van der Waals surface area (Å²) < 4.78 is 10.2. The molecule has 0 aromatic carbocycles. The number of hydrogen-bond donors (Lipinski definition) is 2. The Labute approximate surface area is 95.1 Å². The van der Waals surface area contributed by atoms with Gasteiger partial charge in [0.05, 0.1) is 18.9 Å². The van der Waals surface area contributed by atoms with Crippen LogP contribution in [-0.4, -0.2) is 43.7 Å². The molecule has 0 aliphatic heterocycles. The number of aromatic nitrogens is 2. The Hall–Kier alpha value is -1.24. The van der Waals surface area contributed by atoms with E-state index >= 15 is 0 Å². The van der Waals surface area contributed by atoms with E-state index in [2.05, 4.69) is 15.5 Å². The van der Waals surface area contributed by atoms with E-state index in [1.807, 2.05) is 6.07 Å². The molecule has 1 rings (SSSR count). The van der Waals surface area contributed by atoms with E-state index in [1.165, 1.54) is 0 Å². The predicted molar refractivity (Wildman–Crippen MR) is 61.1 cm³/mol. The predicted octanol–water partition coefficient (Wildman–Crippen LogP) is 0.00860. The van der Waals surface area contributed by atoms with E-state index in [0.717, 1.165) is 5.56 Å². The van der Waals surface area contributed by atoms with Crippen LogP contribution >= 0.6 is 0 Å². The lowest BCUT2D eigenvalue weighted by molar-refractivity contribution is 0.0365. The van der Waals surface area contributed by atoms with Gasteiger partial charge in [0.15, 0.2) is 5.82 Å². The van der Waals surface area contributed by atoms with Gasteiger partial charge in [0.1, 0.15) is 0 Å². The first-order valence-electron chi connectivity index (χ1n) is 5.08. The number of rotatable bonds is 7. The molecule has 0 saturated carbocycles. The average molecular weight is 226 g/mol. The van der Waals surface area contributed by atoms with Crippen molar-refractivity contribution in [1.29, 1.82) is 0 Å². The van der Waals surface area contributed by atoms with Gasteiger partial charge in [0.25, 0.3) is 0 Å². The average Bonchev–Trinajstić information content (AvgIpc) is 2.34. The summed E-state index contributed by atoms with van der Waals surface area (Å²) in [5.74, 6) is 0.697. The zero-order valence-electron chi connectivity index (χ0n) is 9.64. The maximum absolute atomic E-state index is 5.58. The van der Waals surface area contributed by atoms with Gasteiger partial charge in [-0.05, 0) is 6.07 Å². The highest BCUT2D eigenvalue weighted by Crippen LogP contribution is 2.09. The first-order valence-corrected chi connectivity index (χ1v) is 5.08. The summed E-state index contributed by atoms with van der Waals surface area (Å²) in [6, 6.07) is 1.84. The molecule has 0 aliphatic carbocycles. The number of methoxy groups -OCH3 is 2. The highest BCUT2D eigenvalue weighted by Gasteiger charge is 2.08. The van der Waals surface area contributed by atoms with Crippen molar-refractivity contribution in [2.75, 3.05) is 32.7 Å². The van der Waals surface area contributed by atoms with Crippen LogP contribution in [0.4, 0.5) is 5.82 Å². The highest BCUT2D eigenvalue weighted by molar-refractivity contribution is 5.42. The molecule has 0 fully saturated rings. The zero-order chi connectivity index (χ0) is 11.8. The molecule has 3 N–H and O–H groups in total. The molecule has 16 heavy (non-hydrogen) atoms. The lowest BCUT2D eigenvalue weighted by Crippen LogP contribution is -2.27. The van der Waals surface area contributed by atoms with Crippen molar-refractivity contribution < 1.29 is 9.47 Å². The zero-order valence-corrected chi connectivity index (χ0v) is 9.64. The number of nitrogens with zero attached hydrogens (tertiary/aromatic N) is 2. The van der Waals surface area contributed by atoms with Crippen LogP contribution in [0.3, 0.4) is 0 Å². The van der Waals surface area contributed by atoms with Gasteiger partial charge in [-0.25, -0.2) is 0 Å². The second-order valence-electron chi connectivity index (χ2n) is 3.30. The smallest absolute Gasteiger partial charge is 0.153 e. The molecule has 6 heteroatoms. The molecule has 0 radical (unpaired) electrons. The molecule has 0 saturated heterocycles. The quantitative estimate of drug-likeness (QED) is 0.681. The first kappa shape index (κ1) is 12.8. The summed E-state index contributed by atoms with van der Waals surface area (Å²) in [6.45, 7) is 1.57. The van der Waals surface area contributed by atoms with Gasteiger partial charge >= 0.3 is 0 Å². The first-order chi connectivity index (χ1) is 7.81. The Bertz CT molecular complexity index is 309. The van der Waals surface area contributed by atoms with Crippen LogP contribution < -0.4 is 11.1 Å². The van der Waals surface area contributed by atoms with Crippen molar-refractivity contribution in [3.05, 3.63) is 17.8 Å². The molecule has 6 nitrogen and oxygen atoms in total. The second kappa shape index (κ2) is 7.10. The van der Waals surface area contributed by atoms with Gasteiger partial charge < -0.3 is 20.5 Å². The Balaban J connectivity index is 2.52. The van der Waals surface area contributed by atoms with Gasteiger partial charge in [-0.2, -0.15) is 5.10 Å². The standard InChI is InChI=1S/C10H18N4O2/c1-15-7-9(16-2)6-12-10-8(5-11)3-4-13-14-10/h3-4,9H,5-7,11H2,1-2H3,(H,12,14). The van der Waals surface area contributed by atoms with Crippen molar-refractivity contribution in [3.8, 4) is 0 Å². The van der Waals surface area contributed by atoms with Crippen LogP contribution in [0.5, 0.6) is 0 Å². The third kappa shape index (κ3) is 3.73. The lowest BCUT2D eigenvalue weighted by atomic mass is 10.2. The number of nitrogens with one attached hydrogen (secondary N) is 1. The van der Waals surface area contributed by atoms with Crippen LogP contribution in [0.1, 0.15) is 5.56 Å². The molecule has 1 aromatic heterocycles. The van der Waals surface area contributed by atoms with Crippen molar-refractivity contribution in [1.82, 2.24) is 10.2 Å². The molecule has 1 unspecified atom stereocenters. The normalized spacial score (nSPS) is 12.4. The minimum Gasteiger partial charge on any atom is -0.382 e. The van der Waals surface area contributed by atoms with E-state index in [4.69, 9.17) is 15.2 Å². The molecule has 0 amide bonds.